The third-order valence-corrected chi connectivity index (χ3v) is 5.61. The van der Waals surface area contributed by atoms with E-state index in [-0.39, 0.29) is 11.3 Å². The number of carbonyl (C=O) groups is 2. The summed E-state index contributed by atoms with van der Waals surface area (Å²) >= 11 is 1.30. The number of nitrogens with one attached hydrogen (secondary N) is 1. The van der Waals surface area contributed by atoms with Gasteiger partial charge in [0.1, 0.15) is 16.6 Å². The first kappa shape index (κ1) is 19.3. The zero-order chi connectivity index (χ0) is 20.3. The number of fused-ring (bicyclic) bond motifs is 1. The van der Waals surface area contributed by atoms with E-state index in [2.05, 4.69) is 5.32 Å². The van der Waals surface area contributed by atoms with Crippen molar-refractivity contribution in [3.63, 3.8) is 0 Å². The van der Waals surface area contributed by atoms with Gasteiger partial charge in [0.2, 0.25) is 0 Å². The molecule has 0 spiro atoms. The highest BCUT2D eigenvalue weighted by Crippen LogP contribution is 2.38. The predicted molar refractivity (Wildman–Crippen MR) is 105 cm³/mol. The fourth-order valence-corrected chi connectivity index (χ4v) is 4.42. The van der Waals surface area contributed by atoms with Crippen LogP contribution in [0.3, 0.4) is 0 Å². The molecule has 9 heteroatoms. The van der Waals surface area contributed by atoms with Gasteiger partial charge in [-0.3, -0.25) is 19.7 Å². The van der Waals surface area contributed by atoms with Gasteiger partial charge >= 0.3 is 0 Å². The maximum absolute atomic E-state index is 12.6. The molecule has 0 fully saturated rings. The second-order valence-corrected chi connectivity index (χ2v) is 7.36. The third-order valence-electron chi connectivity index (χ3n) is 4.40. The van der Waals surface area contributed by atoms with Gasteiger partial charge < -0.3 is 11.1 Å². The summed E-state index contributed by atoms with van der Waals surface area (Å²) in [6.07, 6.45) is 4.78. The number of amides is 2. The molecule has 2 amide bonds. The largest absolute Gasteiger partial charge is 0.365 e. The molecule has 3 N–H and O–H groups in total. The lowest BCUT2D eigenvalue weighted by Crippen LogP contribution is -2.19. The molecule has 8 nitrogen and oxygen atoms in total. The van der Waals surface area contributed by atoms with E-state index in [1.54, 1.807) is 12.1 Å². The van der Waals surface area contributed by atoms with Crippen molar-refractivity contribution < 1.29 is 14.5 Å². The summed E-state index contributed by atoms with van der Waals surface area (Å²) in [6, 6.07) is 7.40. The van der Waals surface area contributed by atoms with Gasteiger partial charge in [0.15, 0.2) is 0 Å². The van der Waals surface area contributed by atoms with Gasteiger partial charge in [-0.2, -0.15) is 5.26 Å². The maximum atomic E-state index is 12.6. The summed E-state index contributed by atoms with van der Waals surface area (Å²) in [6.45, 7) is 0. The Hall–Kier alpha value is -3.51. The van der Waals surface area contributed by atoms with Crippen molar-refractivity contribution in [1.82, 2.24) is 0 Å². The first-order chi connectivity index (χ1) is 13.4. The number of non-ortho nitro benzene ring substituents is 1. The molecule has 0 atom stereocenters. The van der Waals surface area contributed by atoms with Crippen molar-refractivity contribution in [2.75, 3.05) is 5.32 Å². The highest BCUT2D eigenvalue weighted by molar-refractivity contribution is 7.17. The van der Waals surface area contributed by atoms with Crippen LogP contribution in [0.5, 0.6) is 0 Å². The molecular formula is C19H16N4O4S. The summed E-state index contributed by atoms with van der Waals surface area (Å²) in [5, 5.41) is 23.2. The van der Waals surface area contributed by atoms with Crippen LogP contribution in [-0.2, 0) is 17.6 Å². The van der Waals surface area contributed by atoms with Crippen LogP contribution in [0.4, 0.5) is 10.7 Å². The zero-order valence-electron chi connectivity index (χ0n) is 14.7. The Morgan fingerprint density at radius 1 is 1.32 bits per heavy atom. The van der Waals surface area contributed by atoms with Gasteiger partial charge in [-0.1, -0.05) is 12.1 Å². The Kier molecular flexibility index (Phi) is 5.52. The van der Waals surface area contributed by atoms with Crippen LogP contribution >= 0.6 is 11.3 Å². The van der Waals surface area contributed by atoms with Crippen molar-refractivity contribution in [2.24, 2.45) is 5.73 Å². The minimum Gasteiger partial charge on any atom is -0.365 e. The number of anilines is 1. The Morgan fingerprint density at radius 2 is 2.07 bits per heavy atom. The zero-order valence-corrected chi connectivity index (χ0v) is 15.5. The molecule has 0 aliphatic heterocycles. The summed E-state index contributed by atoms with van der Waals surface area (Å²) in [7, 11) is 0. The van der Waals surface area contributed by atoms with Crippen molar-refractivity contribution in [3.05, 3.63) is 61.5 Å². The number of carbonyl (C=O) groups excluding carboxylic acids is 2. The van der Waals surface area contributed by atoms with Gasteiger partial charge in [0.05, 0.1) is 10.5 Å². The Labute approximate surface area is 164 Å². The molecule has 2 aromatic rings. The Balaban J connectivity index is 1.90. The lowest BCUT2D eigenvalue weighted by molar-refractivity contribution is -0.384. The standard InChI is InChI=1S/C19H16N4O4S/c20-10-12(8-11-4-3-5-13(9-11)23(26)27)18(25)22-19-16(17(21)24)14-6-1-2-7-15(14)28-19/h3-5,8-9H,1-2,6-7H2,(H2,21,24)(H,22,25). The van der Waals surface area contributed by atoms with Gasteiger partial charge in [0.25, 0.3) is 17.5 Å². The number of aryl methyl sites for hydroxylation is 1. The molecule has 1 heterocycles. The highest BCUT2D eigenvalue weighted by Gasteiger charge is 2.25. The summed E-state index contributed by atoms with van der Waals surface area (Å²) in [5.41, 5.74) is 6.66. The quantitative estimate of drug-likeness (QED) is 0.346. The van der Waals surface area contributed by atoms with Gasteiger partial charge in [-0.25, -0.2) is 0 Å². The van der Waals surface area contributed by atoms with E-state index in [9.17, 15) is 25.0 Å². The van der Waals surface area contributed by atoms with Crippen molar-refractivity contribution in [1.29, 1.82) is 5.26 Å². The van der Waals surface area contributed by atoms with E-state index in [1.807, 2.05) is 0 Å². The molecule has 1 aromatic heterocycles. The van der Waals surface area contributed by atoms with E-state index in [0.29, 0.717) is 16.1 Å². The van der Waals surface area contributed by atoms with E-state index >= 15 is 0 Å². The Morgan fingerprint density at radius 3 is 2.75 bits per heavy atom. The number of nitrogens with two attached hydrogens (primary N) is 1. The van der Waals surface area contributed by atoms with Gasteiger partial charge in [0, 0.05) is 17.0 Å². The molecule has 0 bridgehead atoms. The monoisotopic (exact) mass is 396 g/mol. The third kappa shape index (κ3) is 3.92. The number of nitro benzene ring substituents is 1. The molecule has 0 radical (unpaired) electrons. The molecule has 1 aliphatic rings. The number of nitrogens with zero attached hydrogens (tertiary/aromatic N) is 2. The first-order valence-electron chi connectivity index (χ1n) is 8.52. The molecule has 28 heavy (non-hydrogen) atoms. The molecule has 3 rings (SSSR count). The van der Waals surface area contributed by atoms with Crippen LogP contribution in [-0.4, -0.2) is 16.7 Å². The van der Waals surface area contributed by atoms with Crippen LogP contribution < -0.4 is 11.1 Å². The van der Waals surface area contributed by atoms with Crippen molar-refractivity contribution in [3.8, 4) is 6.07 Å². The topological polar surface area (TPSA) is 139 Å². The molecule has 0 saturated carbocycles. The summed E-state index contributed by atoms with van der Waals surface area (Å²) < 4.78 is 0. The number of hydrogen-bond acceptors (Lipinski definition) is 6. The fourth-order valence-electron chi connectivity index (χ4n) is 3.13. The van der Waals surface area contributed by atoms with E-state index in [0.717, 1.165) is 36.1 Å². The molecular weight excluding hydrogens is 380 g/mol. The number of nitriles is 1. The van der Waals surface area contributed by atoms with E-state index in [4.69, 9.17) is 5.73 Å². The Bertz CT molecular complexity index is 1050. The highest BCUT2D eigenvalue weighted by atomic mass is 32.1. The van der Waals surface area contributed by atoms with Crippen LogP contribution in [0.1, 0.15) is 39.2 Å². The van der Waals surface area contributed by atoms with Crippen LogP contribution in [0, 0.1) is 21.4 Å². The maximum Gasteiger partial charge on any atom is 0.270 e. The molecule has 142 valence electrons. The lowest BCUT2D eigenvalue weighted by Gasteiger charge is -2.11. The van der Waals surface area contributed by atoms with E-state index in [1.165, 1.54) is 35.6 Å². The number of benzene rings is 1. The van der Waals surface area contributed by atoms with Crippen LogP contribution in [0.2, 0.25) is 0 Å². The van der Waals surface area contributed by atoms with Crippen LogP contribution in [0.15, 0.2) is 29.8 Å². The molecule has 0 saturated heterocycles. The van der Waals surface area contributed by atoms with Crippen molar-refractivity contribution >= 4 is 39.9 Å². The number of primary amides is 1. The SMILES string of the molecule is N#CC(=Cc1cccc([N+](=O)[O-])c1)C(=O)Nc1sc2c(c1C(N)=O)CCCC2. The lowest BCUT2D eigenvalue weighted by atomic mass is 9.95. The fraction of sp³-hybridized carbons (Fsp3) is 0.211. The first-order valence-corrected chi connectivity index (χ1v) is 9.34. The van der Waals surface area contributed by atoms with Crippen molar-refractivity contribution in [2.45, 2.75) is 25.7 Å². The minimum absolute atomic E-state index is 0.145. The average Bonchev–Trinajstić information content (AvgIpc) is 3.04. The average molecular weight is 396 g/mol. The summed E-state index contributed by atoms with van der Waals surface area (Å²) in [5.74, 6) is -1.31. The number of thiophene rings is 1. The van der Waals surface area contributed by atoms with Gasteiger partial charge in [-0.05, 0) is 42.9 Å². The number of rotatable bonds is 5. The number of nitro groups is 1. The number of hydrogen-bond donors (Lipinski definition) is 2. The van der Waals surface area contributed by atoms with Gasteiger partial charge in [-0.15, -0.1) is 11.3 Å². The van der Waals surface area contributed by atoms with E-state index < -0.39 is 16.7 Å². The normalized spacial score (nSPS) is 13.3. The van der Waals surface area contributed by atoms with Crippen LogP contribution in [0.25, 0.3) is 6.08 Å². The minimum atomic E-state index is -0.699. The summed E-state index contributed by atoms with van der Waals surface area (Å²) in [4.78, 5) is 35.8. The smallest absolute Gasteiger partial charge is 0.270 e. The molecule has 1 aliphatic carbocycles. The second-order valence-electron chi connectivity index (χ2n) is 6.26. The molecule has 0 unspecified atom stereocenters. The second kappa shape index (κ2) is 8.02. The predicted octanol–water partition coefficient (Wildman–Crippen LogP) is 3.18. The molecule has 1 aromatic carbocycles.